The van der Waals surface area contributed by atoms with Gasteiger partial charge in [0.1, 0.15) is 5.75 Å². The number of nitrogens with zero attached hydrogens (tertiary/aromatic N) is 1. The third-order valence-electron chi connectivity index (χ3n) is 3.35. The Balaban J connectivity index is 1.99. The van der Waals surface area contributed by atoms with Gasteiger partial charge in [-0.05, 0) is 29.8 Å². The number of nitriles is 1. The molecule has 2 amide bonds. The molecule has 1 unspecified atom stereocenters. The third-order valence-corrected chi connectivity index (χ3v) is 3.35. The van der Waals surface area contributed by atoms with Crippen LogP contribution in [0.2, 0.25) is 0 Å². The van der Waals surface area contributed by atoms with Crippen LogP contribution in [0.5, 0.6) is 5.75 Å². The van der Waals surface area contributed by atoms with E-state index in [9.17, 15) is 14.9 Å². The van der Waals surface area contributed by atoms with Gasteiger partial charge < -0.3 is 4.74 Å². The van der Waals surface area contributed by atoms with Crippen molar-refractivity contribution in [3.05, 3.63) is 65.7 Å². The molecule has 0 aliphatic heterocycles. The van der Waals surface area contributed by atoms with Crippen molar-refractivity contribution in [2.45, 2.75) is 12.3 Å². The Hall–Kier alpha value is -3.13. The molecule has 116 valence electrons. The zero-order chi connectivity index (χ0) is 16.7. The fourth-order valence-corrected chi connectivity index (χ4v) is 2.10. The SMILES string of the molecule is COc1ccc(C(C#N)CC(=O)NC(=O)c2ccccc2)cc1. The smallest absolute Gasteiger partial charge is 0.257 e. The second-order valence-corrected chi connectivity index (χ2v) is 4.90. The summed E-state index contributed by atoms with van der Waals surface area (Å²) in [6.45, 7) is 0. The van der Waals surface area contributed by atoms with E-state index in [0.717, 1.165) is 0 Å². The van der Waals surface area contributed by atoms with Crippen molar-refractivity contribution in [2.24, 2.45) is 0 Å². The standard InChI is InChI=1S/C18H16N2O3/c1-23-16-9-7-13(8-10-16)15(12-19)11-17(21)20-18(22)14-5-3-2-4-6-14/h2-10,15H,11H2,1H3,(H,20,21,22). The Morgan fingerprint density at radius 2 is 1.78 bits per heavy atom. The van der Waals surface area contributed by atoms with Crippen LogP contribution in [0, 0.1) is 11.3 Å². The molecule has 0 saturated carbocycles. The Morgan fingerprint density at radius 1 is 1.13 bits per heavy atom. The molecule has 0 radical (unpaired) electrons. The van der Waals surface area contributed by atoms with E-state index in [-0.39, 0.29) is 6.42 Å². The molecule has 0 aromatic heterocycles. The van der Waals surface area contributed by atoms with Crippen molar-refractivity contribution >= 4 is 11.8 Å². The summed E-state index contributed by atoms with van der Waals surface area (Å²) in [5.41, 5.74) is 1.11. The molecule has 0 heterocycles. The second kappa shape index (κ2) is 7.76. The average Bonchev–Trinajstić information content (AvgIpc) is 2.60. The number of carbonyl (C=O) groups excluding carboxylic acids is 2. The summed E-state index contributed by atoms with van der Waals surface area (Å²) in [7, 11) is 1.55. The summed E-state index contributed by atoms with van der Waals surface area (Å²) >= 11 is 0. The first-order valence-electron chi connectivity index (χ1n) is 7.07. The summed E-state index contributed by atoms with van der Waals surface area (Å²) in [5, 5.41) is 11.6. The molecule has 1 N–H and O–H groups in total. The van der Waals surface area contributed by atoms with Crippen LogP contribution in [0.4, 0.5) is 0 Å². The average molecular weight is 308 g/mol. The quantitative estimate of drug-likeness (QED) is 0.921. The lowest BCUT2D eigenvalue weighted by Crippen LogP contribution is -2.31. The maximum absolute atomic E-state index is 12.0. The first-order chi connectivity index (χ1) is 11.1. The van der Waals surface area contributed by atoms with Gasteiger partial charge in [0, 0.05) is 12.0 Å². The van der Waals surface area contributed by atoms with Gasteiger partial charge in [0.05, 0.1) is 19.1 Å². The Labute approximate surface area is 134 Å². The Kier molecular flexibility index (Phi) is 5.48. The molecule has 23 heavy (non-hydrogen) atoms. The highest BCUT2D eigenvalue weighted by molar-refractivity contribution is 6.04. The van der Waals surface area contributed by atoms with Crippen molar-refractivity contribution in [1.82, 2.24) is 5.32 Å². The van der Waals surface area contributed by atoms with Gasteiger partial charge >= 0.3 is 0 Å². The van der Waals surface area contributed by atoms with Gasteiger partial charge in [0.25, 0.3) is 5.91 Å². The van der Waals surface area contributed by atoms with Gasteiger partial charge in [-0.3, -0.25) is 14.9 Å². The molecule has 1 atom stereocenters. The summed E-state index contributed by atoms with van der Waals surface area (Å²) < 4.78 is 5.06. The Morgan fingerprint density at radius 3 is 2.35 bits per heavy atom. The predicted octanol–water partition coefficient (Wildman–Crippen LogP) is 2.65. The molecule has 0 aliphatic carbocycles. The molecular formula is C18H16N2O3. The number of hydrogen-bond donors (Lipinski definition) is 1. The lowest BCUT2D eigenvalue weighted by atomic mass is 9.97. The number of hydrogen-bond acceptors (Lipinski definition) is 4. The fraction of sp³-hybridized carbons (Fsp3) is 0.167. The number of ether oxygens (including phenoxy) is 1. The number of amides is 2. The maximum Gasteiger partial charge on any atom is 0.257 e. The van der Waals surface area contributed by atoms with Gasteiger partial charge in [-0.15, -0.1) is 0 Å². The number of benzene rings is 2. The summed E-state index contributed by atoms with van der Waals surface area (Å²) in [6.07, 6.45) is -0.0819. The van der Waals surface area contributed by atoms with E-state index in [2.05, 4.69) is 11.4 Å². The van der Waals surface area contributed by atoms with Crippen LogP contribution >= 0.6 is 0 Å². The van der Waals surface area contributed by atoms with E-state index in [1.54, 1.807) is 61.7 Å². The zero-order valence-electron chi connectivity index (χ0n) is 12.7. The summed E-state index contributed by atoms with van der Waals surface area (Å²) in [5.74, 6) is -0.901. The number of rotatable bonds is 5. The highest BCUT2D eigenvalue weighted by Gasteiger charge is 2.18. The molecule has 2 rings (SSSR count). The van der Waals surface area contributed by atoms with E-state index in [1.165, 1.54) is 0 Å². The largest absolute Gasteiger partial charge is 0.497 e. The third kappa shape index (κ3) is 4.42. The molecule has 0 fully saturated rings. The minimum absolute atomic E-state index is 0.0819. The first-order valence-corrected chi connectivity index (χ1v) is 7.07. The summed E-state index contributed by atoms with van der Waals surface area (Å²) in [6, 6.07) is 17.5. The topological polar surface area (TPSA) is 79.2 Å². The molecule has 2 aromatic carbocycles. The number of methoxy groups -OCH3 is 1. The molecule has 2 aromatic rings. The van der Waals surface area contributed by atoms with Gasteiger partial charge in [0.2, 0.25) is 5.91 Å². The predicted molar refractivity (Wildman–Crippen MR) is 84.9 cm³/mol. The van der Waals surface area contributed by atoms with Crippen molar-refractivity contribution < 1.29 is 14.3 Å². The van der Waals surface area contributed by atoms with Gasteiger partial charge in [-0.2, -0.15) is 5.26 Å². The molecular weight excluding hydrogens is 292 g/mol. The fourth-order valence-electron chi connectivity index (χ4n) is 2.10. The van der Waals surface area contributed by atoms with Crippen LogP contribution in [-0.2, 0) is 4.79 Å². The van der Waals surface area contributed by atoms with E-state index in [4.69, 9.17) is 4.74 Å². The molecule has 0 saturated heterocycles. The minimum Gasteiger partial charge on any atom is -0.497 e. The van der Waals surface area contributed by atoms with Crippen molar-refractivity contribution in [3.8, 4) is 11.8 Å². The lowest BCUT2D eigenvalue weighted by molar-refractivity contribution is -0.120. The first kappa shape index (κ1) is 16.2. The van der Waals surface area contributed by atoms with Crippen molar-refractivity contribution in [1.29, 1.82) is 5.26 Å². The van der Waals surface area contributed by atoms with Crippen LogP contribution in [0.15, 0.2) is 54.6 Å². The van der Waals surface area contributed by atoms with E-state index in [1.807, 2.05) is 0 Å². The highest BCUT2D eigenvalue weighted by atomic mass is 16.5. The number of imide groups is 1. The van der Waals surface area contributed by atoms with Crippen LogP contribution in [0.3, 0.4) is 0 Å². The van der Waals surface area contributed by atoms with Crippen LogP contribution in [-0.4, -0.2) is 18.9 Å². The Bertz CT molecular complexity index is 718. The van der Waals surface area contributed by atoms with Crippen molar-refractivity contribution in [2.75, 3.05) is 7.11 Å². The van der Waals surface area contributed by atoms with E-state index >= 15 is 0 Å². The van der Waals surface area contributed by atoms with Gasteiger partial charge in [0.15, 0.2) is 0 Å². The van der Waals surface area contributed by atoms with Gasteiger partial charge in [-0.25, -0.2) is 0 Å². The summed E-state index contributed by atoms with van der Waals surface area (Å²) in [4.78, 5) is 23.9. The molecule has 0 aliphatic rings. The van der Waals surface area contributed by atoms with E-state index in [0.29, 0.717) is 16.9 Å². The number of carbonyl (C=O) groups is 2. The van der Waals surface area contributed by atoms with Crippen molar-refractivity contribution in [3.63, 3.8) is 0 Å². The normalized spacial score (nSPS) is 11.1. The monoisotopic (exact) mass is 308 g/mol. The molecule has 0 bridgehead atoms. The molecule has 0 spiro atoms. The van der Waals surface area contributed by atoms with Crippen LogP contribution in [0.25, 0.3) is 0 Å². The second-order valence-electron chi connectivity index (χ2n) is 4.90. The van der Waals surface area contributed by atoms with Crippen LogP contribution in [0.1, 0.15) is 28.3 Å². The highest BCUT2D eigenvalue weighted by Crippen LogP contribution is 2.21. The van der Waals surface area contributed by atoms with Crippen LogP contribution < -0.4 is 10.1 Å². The maximum atomic E-state index is 12.0. The molecule has 5 heteroatoms. The lowest BCUT2D eigenvalue weighted by Gasteiger charge is -2.10. The molecule has 5 nitrogen and oxygen atoms in total. The van der Waals surface area contributed by atoms with Gasteiger partial charge in [-0.1, -0.05) is 30.3 Å². The minimum atomic E-state index is -0.621. The number of nitrogens with one attached hydrogen (secondary N) is 1. The van der Waals surface area contributed by atoms with E-state index < -0.39 is 17.7 Å². The zero-order valence-corrected chi connectivity index (χ0v) is 12.7.